The lowest BCUT2D eigenvalue weighted by Crippen LogP contribution is -2.48. The van der Waals surface area contributed by atoms with E-state index in [1.54, 1.807) is 29.7 Å². The van der Waals surface area contributed by atoms with E-state index in [1.807, 2.05) is 0 Å². The first kappa shape index (κ1) is 28.0. The summed E-state index contributed by atoms with van der Waals surface area (Å²) in [5, 5.41) is 9.89. The van der Waals surface area contributed by atoms with Crippen molar-refractivity contribution in [2.45, 2.75) is 46.7 Å². The van der Waals surface area contributed by atoms with Crippen LogP contribution in [0.1, 0.15) is 48.9 Å². The molecule has 200 valence electrons. The number of nitrogens with zero attached hydrogens (tertiary/aromatic N) is 5. The van der Waals surface area contributed by atoms with E-state index in [0.29, 0.717) is 26.9 Å². The van der Waals surface area contributed by atoms with Gasteiger partial charge in [-0.2, -0.15) is 5.26 Å². The van der Waals surface area contributed by atoms with Crippen LogP contribution in [0, 0.1) is 24.1 Å². The fourth-order valence-electron chi connectivity index (χ4n) is 4.82. The minimum Gasteiger partial charge on any atom is -0.355 e. The number of likely N-dealkylation sites (N-methyl/N-ethyl adjacent to an activating group) is 1. The minimum atomic E-state index is -0.340. The second-order valence-electron chi connectivity index (χ2n) is 9.48. The summed E-state index contributed by atoms with van der Waals surface area (Å²) >= 11 is 6.74. The smallest absolute Gasteiger partial charge is 0.270 e. The Labute approximate surface area is 232 Å². The Bertz CT molecular complexity index is 1360. The maximum absolute atomic E-state index is 13.5. The average Bonchev–Trinajstić information content (AvgIpc) is 3.18. The molecule has 0 N–H and O–H groups in total. The molecule has 0 saturated carbocycles. The van der Waals surface area contributed by atoms with E-state index < -0.39 is 0 Å². The van der Waals surface area contributed by atoms with E-state index in [1.165, 1.54) is 28.8 Å². The van der Waals surface area contributed by atoms with Crippen LogP contribution in [0.4, 0.5) is 10.2 Å². The van der Waals surface area contributed by atoms with Crippen molar-refractivity contribution in [1.29, 1.82) is 5.26 Å². The lowest BCUT2D eigenvalue weighted by atomic mass is 10.0. The van der Waals surface area contributed by atoms with Crippen LogP contribution in [0.15, 0.2) is 34.0 Å². The maximum atomic E-state index is 13.5. The highest BCUT2D eigenvalue weighted by atomic mass is 32.2. The lowest BCUT2D eigenvalue weighted by Gasteiger charge is -2.37. The monoisotopic (exact) mass is 553 g/mol. The molecule has 0 atom stereocenters. The summed E-state index contributed by atoms with van der Waals surface area (Å²) in [4.78, 5) is 33.4. The van der Waals surface area contributed by atoms with Gasteiger partial charge in [0.2, 0.25) is 0 Å². The Kier molecular flexibility index (Phi) is 9.03. The fourth-order valence-corrected chi connectivity index (χ4v) is 6.06. The van der Waals surface area contributed by atoms with Gasteiger partial charge in [-0.3, -0.25) is 19.1 Å². The third kappa shape index (κ3) is 5.70. The molecule has 7 nitrogen and oxygen atoms in total. The number of carbonyl (C=O) groups excluding carboxylic acids is 1. The number of carbonyl (C=O) groups is 1. The Morgan fingerprint density at radius 2 is 1.82 bits per heavy atom. The van der Waals surface area contributed by atoms with Gasteiger partial charge in [-0.05, 0) is 49.2 Å². The van der Waals surface area contributed by atoms with Crippen LogP contribution < -0.4 is 10.5 Å². The first-order valence-electron chi connectivity index (χ1n) is 12.9. The molecule has 2 aliphatic rings. The molecule has 4 rings (SSSR count). The topological polar surface area (TPSA) is 72.6 Å². The summed E-state index contributed by atoms with van der Waals surface area (Å²) in [7, 11) is 0. The van der Waals surface area contributed by atoms with Crippen LogP contribution in [-0.4, -0.2) is 57.3 Å². The quantitative estimate of drug-likeness (QED) is 0.352. The number of nitriles is 1. The Balaban J connectivity index is 1.79. The molecule has 0 spiro atoms. The van der Waals surface area contributed by atoms with Crippen molar-refractivity contribution in [3.8, 4) is 6.07 Å². The number of rotatable bonds is 8. The van der Waals surface area contributed by atoms with Gasteiger partial charge < -0.3 is 9.80 Å². The number of piperazine rings is 1. The number of anilines is 1. The summed E-state index contributed by atoms with van der Waals surface area (Å²) in [6.45, 7) is 10.9. The van der Waals surface area contributed by atoms with Crippen molar-refractivity contribution < 1.29 is 9.18 Å². The Morgan fingerprint density at radius 3 is 2.42 bits per heavy atom. The highest BCUT2D eigenvalue weighted by Crippen LogP contribution is 2.37. The summed E-state index contributed by atoms with van der Waals surface area (Å²) in [5.41, 5.74) is 1.87. The van der Waals surface area contributed by atoms with Crippen LogP contribution >= 0.6 is 24.0 Å². The number of pyridine rings is 1. The molecule has 0 radical (unpaired) electrons. The number of unbranched alkanes of at least 4 members (excludes halogenated alkanes) is 1. The zero-order valence-corrected chi connectivity index (χ0v) is 23.6. The van der Waals surface area contributed by atoms with Crippen LogP contribution in [0.5, 0.6) is 0 Å². The molecular weight excluding hydrogens is 521 g/mol. The summed E-state index contributed by atoms with van der Waals surface area (Å²) in [6, 6.07) is 8.11. The predicted molar refractivity (Wildman–Crippen MR) is 155 cm³/mol. The number of aromatic nitrogens is 1. The van der Waals surface area contributed by atoms with E-state index >= 15 is 0 Å². The Morgan fingerprint density at radius 1 is 1.13 bits per heavy atom. The van der Waals surface area contributed by atoms with Gasteiger partial charge in [0.1, 0.15) is 27.6 Å². The number of halogens is 1. The molecule has 2 aliphatic heterocycles. The third-order valence-corrected chi connectivity index (χ3v) is 8.48. The molecule has 1 aromatic carbocycles. The lowest BCUT2D eigenvalue weighted by molar-refractivity contribution is -0.122. The molecule has 0 aliphatic carbocycles. The first-order valence-corrected chi connectivity index (χ1v) is 14.2. The van der Waals surface area contributed by atoms with E-state index in [9.17, 15) is 19.2 Å². The predicted octanol–water partition coefficient (Wildman–Crippen LogP) is 4.51. The largest absolute Gasteiger partial charge is 0.355 e. The SMILES string of the molecule is CCCCn1c(N2CCN(CC)CC2)c(C=C2SC(=S)N(Cc3ccc(F)cc3)C2=O)c(C)c(C#N)c1=O. The third-order valence-electron chi connectivity index (χ3n) is 7.10. The highest BCUT2D eigenvalue weighted by Gasteiger charge is 2.33. The minimum absolute atomic E-state index is 0.102. The fraction of sp³-hybridized carbons (Fsp3) is 0.429. The molecule has 0 bridgehead atoms. The molecule has 10 heteroatoms. The number of benzene rings is 1. The number of hydrogen-bond donors (Lipinski definition) is 0. The summed E-state index contributed by atoms with van der Waals surface area (Å²) in [6.07, 6.45) is 3.50. The molecule has 2 aromatic rings. The molecule has 1 aromatic heterocycles. The van der Waals surface area contributed by atoms with E-state index in [2.05, 4.69) is 29.7 Å². The van der Waals surface area contributed by atoms with Gasteiger partial charge >= 0.3 is 0 Å². The van der Waals surface area contributed by atoms with Crippen molar-refractivity contribution >= 4 is 46.1 Å². The molecule has 3 heterocycles. The van der Waals surface area contributed by atoms with Gasteiger partial charge in [0.15, 0.2) is 0 Å². The average molecular weight is 554 g/mol. The van der Waals surface area contributed by atoms with Gasteiger partial charge in [0, 0.05) is 38.3 Å². The van der Waals surface area contributed by atoms with Crippen molar-refractivity contribution in [2.24, 2.45) is 0 Å². The zero-order chi connectivity index (χ0) is 27.4. The van der Waals surface area contributed by atoms with Gasteiger partial charge in [0.05, 0.1) is 11.4 Å². The molecule has 38 heavy (non-hydrogen) atoms. The first-order chi connectivity index (χ1) is 18.3. The highest BCUT2D eigenvalue weighted by molar-refractivity contribution is 8.26. The van der Waals surface area contributed by atoms with E-state index in [-0.39, 0.29) is 29.4 Å². The second kappa shape index (κ2) is 12.2. The van der Waals surface area contributed by atoms with Crippen molar-refractivity contribution in [1.82, 2.24) is 14.4 Å². The van der Waals surface area contributed by atoms with Gasteiger partial charge in [-0.15, -0.1) is 0 Å². The molecule has 0 unspecified atom stereocenters. The second-order valence-corrected chi connectivity index (χ2v) is 11.2. The van der Waals surface area contributed by atoms with Crippen LogP contribution in [-0.2, 0) is 17.9 Å². The van der Waals surface area contributed by atoms with Gasteiger partial charge in [-0.1, -0.05) is 56.4 Å². The molecule has 2 fully saturated rings. The van der Waals surface area contributed by atoms with Crippen molar-refractivity contribution in [3.63, 3.8) is 0 Å². The van der Waals surface area contributed by atoms with Gasteiger partial charge in [0.25, 0.3) is 11.5 Å². The normalized spacial score (nSPS) is 17.5. The van der Waals surface area contributed by atoms with Crippen LogP contribution in [0.2, 0.25) is 0 Å². The van der Waals surface area contributed by atoms with E-state index in [4.69, 9.17) is 12.2 Å². The number of amides is 1. The summed E-state index contributed by atoms with van der Waals surface area (Å²) < 4.78 is 15.5. The van der Waals surface area contributed by atoms with Crippen LogP contribution in [0.25, 0.3) is 6.08 Å². The molecular formula is C28H32FN5O2S2. The molecule has 1 amide bonds. The van der Waals surface area contributed by atoms with Crippen molar-refractivity contribution in [2.75, 3.05) is 37.6 Å². The van der Waals surface area contributed by atoms with Crippen molar-refractivity contribution in [3.05, 3.63) is 67.6 Å². The summed E-state index contributed by atoms with van der Waals surface area (Å²) in [5.74, 6) is 0.183. The number of thioether (sulfide) groups is 1. The molecule has 2 saturated heterocycles. The number of thiocarbonyl (C=S) groups is 1. The van der Waals surface area contributed by atoms with E-state index in [0.717, 1.165) is 56.9 Å². The zero-order valence-electron chi connectivity index (χ0n) is 22.0. The maximum Gasteiger partial charge on any atom is 0.270 e. The van der Waals surface area contributed by atoms with Gasteiger partial charge in [-0.25, -0.2) is 4.39 Å². The standard InChI is InChI=1S/C28H32FN5O2S2/c1-4-6-11-33-25(32-14-12-31(5-2)13-15-32)22(19(3)23(17-30)26(33)35)16-24-27(36)34(28(37)38-24)18-20-7-9-21(29)10-8-20/h7-10,16H,4-6,11-15,18H2,1-3H3. The van der Waals surface area contributed by atoms with Crippen LogP contribution in [0.3, 0.4) is 0 Å². The Hall–Kier alpha value is -3.00. The number of hydrogen-bond acceptors (Lipinski definition) is 7.